The first-order valence-corrected chi connectivity index (χ1v) is 1.45. The van der Waals surface area contributed by atoms with Crippen molar-refractivity contribution in [1.82, 2.24) is 5.43 Å². The van der Waals surface area contributed by atoms with Crippen LogP contribution in [-0.4, -0.2) is 6.41 Å². The van der Waals surface area contributed by atoms with Crippen molar-refractivity contribution < 1.29 is 56.2 Å². The summed E-state index contributed by atoms with van der Waals surface area (Å²) in [7, 11) is 0. The molecule has 0 saturated carbocycles. The molecule has 4 heteroatoms. The van der Waals surface area contributed by atoms with Gasteiger partial charge in [-0.15, -0.1) is 0 Å². The van der Waals surface area contributed by atoms with Crippen LogP contribution in [-0.2, 0) is 4.79 Å². The molecule has 0 bridgehead atoms. The van der Waals surface area contributed by atoms with Crippen LogP contribution in [0.2, 0.25) is 0 Å². The summed E-state index contributed by atoms with van der Waals surface area (Å²) in [4.78, 5) is 8.81. The van der Waals surface area contributed by atoms with Gasteiger partial charge in [0.25, 0.3) is 0 Å². The molecule has 0 aliphatic carbocycles. The van der Waals surface area contributed by atoms with E-state index in [1.165, 1.54) is 6.41 Å². The second-order valence-corrected chi connectivity index (χ2v) is 0.246. The molecule has 0 unspecified atom stereocenters. The number of rotatable bonds is 1. The van der Waals surface area contributed by atoms with Crippen LogP contribution < -0.4 is 62.7 Å². The number of nitrogens with two attached hydrogens (primary N) is 1. The first kappa shape index (κ1) is 15.7. The van der Waals surface area contributed by atoms with Crippen LogP contribution in [0, 0.1) is 6.92 Å². The zero-order valence-electron chi connectivity index (χ0n) is 4.69. The summed E-state index contributed by atoms with van der Waals surface area (Å²) in [5, 5.41) is 0. The smallest absolute Gasteiger partial charge is 0.519 e. The maximum Gasteiger partial charge on any atom is 1.00 e. The quantitative estimate of drug-likeness (QED) is 0.0953. The van der Waals surface area contributed by atoms with Crippen LogP contribution in [0.4, 0.5) is 0 Å². The molecular formula is C3H8KN2O-. The van der Waals surface area contributed by atoms with E-state index in [1.807, 2.05) is 0 Å². The average Bonchev–Trinajstić information content (AvgIpc) is 1.72. The number of hydrazine groups is 1. The van der Waals surface area contributed by atoms with Crippen LogP contribution in [0.5, 0.6) is 0 Å². The van der Waals surface area contributed by atoms with E-state index in [0.717, 1.165) is 0 Å². The van der Waals surface area contributed by atoms with Gasteiger partial charge in [-0.2, -0.15) is 13.3 Å². The molecule has 3 nitrogen and oxygen atoms in total. The van der Waals surface area contributed by atoms with E-state index >= 15 is 0 Å². The number of nitrogens with one attached hydrogen (secondary N) is 1. The Hall–Kier alpha value is 1.07. The molecule has 0 saturated heterocycles. The van der Waals surface area contributed by atoms with Gasteiger partial charge in [-0.25, -0.2) is 0 Å². The molecule has 0 radical (unpaired) electrons. The summed E-state index contributed by atoms with van der Waals surface area (Å²) < 4.78 is 0. The number of amides is 1. The van der Waals surface area contributed by atoms with E-state index in [2.05, 4.69) is 12.8 Å². The Bertz CT molecular complexity index is 26.9. The Morgan fingerprint density at radius 3 is 1.86 bits per heavy atom. The van der Waals surface area contributed by atoms with Crippen molar-refractivity contribution in [2.24, 2.45) is 5.84 Å². The Balaban J connectivity index is -0.0000000480. The van der Waals surface area contributed by atoms with Crippen LogP contribution in [0.3, 0.4) is 0 Å². The molecule has 0 rings (SSSR count). The van der Waals surface area contributed by atoms with Crippen molar-refractivity contribution in [3.63, 3.8) is 0 Å². The molecule has 0 heterocycles. The van der Waals surface area contributed by atoms with Gasteiger partial charge in [0.2, 0.25) is 0 Å². The molecule has 1 amide bonds. The molecule has 0 atom stereocenters. The summed E-state index contributed by atoms with van der Waals surface area (Å²) in [6.07, 6.45) is 1.21. The van der Waals surface area contributed by atoms with Gasteiger partial charge in [-0.3, -0.25) is 5.84 Å². The van der Waals surface area contributed by atoms with Crippen LogP contribution in [0.15, 0.2) is 0 Å². The van der Waals surface area contributed by atoms with Gasteiger partial charge in [0.1, 0.15) is 0 Å². The van der Waals surface area contributed by atoms with Gasteiger partial charge in [-0.1, -0.05) is 0 Å². The van der Waals surface area contributed by atoms with E-state index in [0.29, 0.717) is 0 Å². The van der Waals surface area contributed by atoms with Gasteiger partial charge in [-0.05, 0) is 0 Å². The fourth-order valence-electron chi connectivity index (χ4n) is 0. The van der Waals surface area contributed by atoms with Gasteiger partial charge < -0.3 is 17.1 Å². The zero-order valence-corrected chi connectivity index (χ0v) is 7.82. The second-order valence-electron chi connectivity index (χ2n) is 0.246. The molecule has 7 heavy (non-hydrogen) atoms. The first-order valence-electron chi connectivity index (χ1n) is 1.45. The molecule has 38 valence electrons. The normalized spacial score (nSPS) is 3.86. The monoisotopic (exact) mass is 127 g/mol. The van der Waals surface area contributed by atoms with Crippen LogP contribution >= 0.6 is 0 Å². The van der Waals surface area contributed by atoms with E-state index in [4.69, 9.17) is 4.79 Å². The minimum Gasteiger partial charge on any atom is -0.519 e. The minimum atomic E-state index is 0. The Morgan fingerprint density at radius 1 is 1.71 bits per heavy atom. The van der Waals surface area contributed by atoms with Crippen LogP contribution in [0.25, 0.3) is 0 Å². The fraction of sp³-hybridized carbons (Fsp3) is 0.333. The van der Waals surface area contributed by atoms with E-state index < -0.39 is 0 Å². The van der Waals surface area contributed by atoms with Crippen molar-refractivity contribution in [3.05, 3.63) is 6.92 Å². The number of carbonyl (C=O) groups excluding carboxylic acids is 1. The van der Waals surface area contributed by atoms with Gasteiger partial charge in [0.15, 0.2) is 0 Å². The summed E-state index contributed by atoms with van der Waals surface area (Å²) in [6.45, 7) is 5.00. The third-order valence-electron chi connectivity index (χ3n) is 0.0589. The van der Waals surface area contributed by atoms with Crippen molar-refractivity contribution in [2.75, 3.05) is 0 Å². The largest absolute Gasteiger partial charge is 1.00 e. The third-order valence-corrected chi connectivity index (χ3v) is 0.0589. The molecule has 0 aromatic heterocycles. The Morgan fingerprint density at radius 2 is 1.86 bits per heavy atom. The third kappa shape index (κ3) is 42.5. The van der Waals surface area contributed by atoms with E-state index in [-0.39, 0.29) is 51.4 Å². The zero-order chi connectivity index (χ0) is 5.41. The predicted octanol–water partition coefficient (Wildman–Crippen LogP) is -3.64. The van der Waals surface area contributed by atoms with Crippen molar-refractivity contribution in [2.45, 2.75) is 6.92 Å². The summed E-state index contributed by atoms with van der Waals surface area (Å²) in [5.41, 5.74) is 1.62. The standard InChI is InChI=1S/C2H5.CH3N2O.K/c1-2;2-3-1-4;/h1H2,2H3;2H2,(H,3,4);/q2*-1;+1. The molecule has 0 aromatic carbocycles. The van der Waals surface area contributed by atoms with Crippen molar-refractivity contribution >= 4 is 6.41 Å². The summed E-state index contributed by atoms with van der Waals surface area (Å²) >= 11 is 0. The molecule has 0 aromatic rings. The molecule has 0 spiro atoms. The Labute approximate surface area is 86.4 Å². The second kappa shape index (κ2) is 27.7. The summed E-state index contributed by atoms with van der Waals surface area (Å²) in [6, 6.07) is 0. The van der Waals surface area contributed by atoms with Gasteiger partial charge >= 0.3 is 51.4 Å². The summed E-state index contributed by atoms with van der Waals surface area (Å²) in [5.74, 6) is 4.35. The Kier molecular flexibility index (Phi) is 62.0. The van der Waals surface area contributed by atoms with Gasteiger partial charge in [0.05, 0.1) is 0 Å². The first-order chi connectivity index (χ1) is 2.91. The van der Waals surface area contributed by atoms with Crippen LogP contribution in [0.1, 0.15) is 6.92 Å². The number of hydrogen-bond acceptors (Lipinski definition) is 2. The van der Waals surface area contributed by atoms with Crippen molar-refractivity contribution in [1.29, 1.82) is 0 Å². The fourth-order valence-corrected chi connectivity index (χ4v) is 0. The minimum absolute atomic E-state index is 0. The average molecular weight is 127 g/mol. The SMILES string of the molecule is NN[C-]=O.[CH2-]C.[K+]. The molecule has 3 N–H and O–H groups in total. The van der Waals surface area contributed by atoms with Crippen molar-refractivity contribution in [3.8, 4) is 0 Å². The van der Waals surface area contributed by atoms with E-state index in [1.54, 1.807) is 12.3 Å². The molecule has 0 fully saturated rings. The molecule has 0 aliphatic heterocycles. The maximum atomic E-state index is 8.81. The topological polar surface area (TPSA) is 55.1 Å². The van der Waals surface area contributed by atoms with E-state index in [9.17, 15) is 0 Å². The molecular weight excluding hydrogens is 119 g/mol. The van der Waals surface area contributed by atoms with Gasteiger partial charge in [0, 0.05) is 0 Å². The number of hydrogen-bond donors (Lipinski definition) is 2. The molecule has 0 aliphatic rings. The maximum absolute atomic E-state index is 8.81. The predicted molar refractivity (Wildman–Crippen MR) is 24.0 cm³/mol.